The topological polar surface area (TPSA) is 58.7 Å². The van der Waals surface area contributed by atoms with E-state index in [2.05, 4.69) is 4.98 Å². The lowest BCUT2D eigenvalue weighted by Crippen LogP contribution is -2.26. The third-order valence-corrected chi connectivity index (χ3v) is 3.24. The van der Waals surface area contributed by atoms with Gasteiger partial charge in [0.25, 0.3) is 5.56 Å². The second-order valence-electron chi connectivity index (χ2n) is 3.43. The van der Waals surface area contributed by atoms with E-state index in [1.165, 1.54) is 16.3 Å². The van der Waals surface area contributed by atoms with Crippen LogP contribution in [-0.2, 0) is 19.4 Å². The monoisotopic (exact) mass is 221 g/mol. The number of hydrogen-bond donors (Lipinski definition) is 0. The SMILES string of the molecule is CSc1nc2c(c(=O)n1CC#N)CCC2. The van der Waals surface area contributed by atoms with Crippen molar-refractivity contribution in [3.8, 4) is 6.07 Å². The van der Waals surface area contributed by atoms with E-state index in [0.717, 1.165) is 30.5 Å². The Bertz CT molecular complexity index is 487. The van der Waals surface area contributed by atoms with E-state index in [0.29, 0.717) is 5.16 Å². The smallest absolute Gasteiger partial charge is 0.258 e. The van der Waals surface area contributed by atoms with E-state index < -0.39 is 0 Å². The van der Waals surface area contributed by atoms with Crippen LogP contribution in [0.5, 0.6) is 0 Å². The van der Waals surface area contributed by atoms with Gasteiger partial charge < -0.3 is 0 Å². The average molecular weight is 221 g/mol. The molecular formula is C10H11N3OS. The van der Waals surface area contributed by atoms with Gasteiger partial charge in [-0.05, 0) is 25.5 Å². The Labute approximate surface area is 91.9 Å². The van der Waals surface area contributed by atoms with Crippen LogP contribution in [0.4, 0.5) is 0 Å². The van der Waals surface area contributed by atoms with Crippen molar-refractivity contribution in [1.82, 2.24) is 9.55 Å². The van der Waals surface area contributed by atoms with Gasteiger partial charge in [0.1, 0.15) is 6.54 Å². The fourth-order valence-corrected chi connectivity index (χ4v) is 2.44. The standard InChI is InChI=1S/C10H11N3OS/c1-15-10-12-8-4-2-3-7(8)9(14)13(10)6-5-11/h2-4,6H2,1H3. The van der Waals surface area contributed by atoms with Gasteiger partial charge in [-0.1, -0.05) is 11.8 Å². The van der Waals surface area contributed by atoms with Crippen molar-refractivity contribution < 1.29 is 0 Å². The quantitative estimate of drug-likeness (QED) is 0.551. The number of aryl methyl sites for hydroxylation is 1. The number of rotatable bonds is 2. The first-order valence-corrected chi connectivity index (χ1v) is 6.04. The molecule has 0 atom stereocenters. The molecule has 0 spiro atoms. The number of nitriles is 1. The van der Waals surface area contributed by atoms with E-state index in [4.69, 9.17) is 5.26 Å². The molecule has 1 aromatic rings. The molecule has 0 fully saturated rings. The summed E-state index contributed by atoms with van der Waals surface area (Å²) in [5.41, 5.74) is 1.71. The largest absolute Gasteiger partial charge is 0.273 e. The van der Waals surface area contributed by atoms with Crippen molar-refractivity contribution in [3.63, 3.8) is 0 Å². The summed E-state index contributed by atoms with van der Waals surface area (Å²) in [7, 11) is 0. The van der Waals surface area contributed by atoms with Crippen molar-refractivity contribution in [2.45, 2.75) is 31.0 Å². The summed E-state index contributed by atoms with van der Waals surface area (Å²) in [6.45, 7) is 0.0925. The molecule has 0 saturated heterocycles. The van der Waals surface area contributed by atoms with Gasteiger partial charge in [-0.2, -0.15) is 5.26 Å². The fraction of sp³-hybridized carbons (Fsp3) is 0.500. The highest BCUT2D eigenvalue weighted by Gasteiger charge is 2.19. The molecule has 0 radical (unpaired) electrons. The number of hydrogen-bond acceptors (Lipinski definition) is 4. The Kier molecular flexibility index (Phi) is 2.78. The van der Waals surface area contributed by atoms with Crippen LogP contribution < -0.4 is 5.56 Å². The molecule has 15 heavy (non-hydrogen) atoms. The third-order valence-electron chi connectivity index (χ3n) is 2.56. The molecule has 4 nitrogen and oxygen atoms in total. The molecule has 0 bridgehead atoms. The fourth-order valence-electron chi connectivity index (χ4n) is 1.87. The van der Waals surface area contributed by atoms with Gasteiger partial charge in [-0.25, -0.2) is 4.98 Å². The molecule has 78 valence electrons. The van der Waals surface area contributed by atoms with Crippen LogP contribution in [0.3, 0.4) is 0 Å². The van der Waals surface area contributed by atoms with Crippen molar-refractivity contribution in [2.75, 3.05) is 6.26 Å². The minimum atomic E-state index is -0.0246. The maximum atomic E-state index is 12.0. The van der Waals surface area contributed by atoms with Crippen molar-refractivity contribution in [1.29, 1.82) is 5.26 Å². The summed E-state index contributed by atoms with van der Waals surface area (Å²) in [5.74, 6) is 0. The maximum Gasteiger partial charge on any atom is 0.258 e. The Hall–Kier alpha value is -1.28. The Morgan fingerprint density at radius 1 is 1.60 bits per heavy atom. The molecule has 1 heterocycles. The van der Waals surface area contributed by atoms with Crippen LogP contribution in [0.2, 0.25) is 0 Å². The van der Waals surface area contributed by atoms with Crippen LogP contribution >= 0.6 is 11.8 Å². The molecular weight excluding hydrogens is 210 g/mol. The summed E-state index contributed by atoms with van der Waals surface area (Å²) >= 11 is 1.42. The summed E-state index contributed by atoms with van der Waals surface area (Å²) in [6, 6.07) is 2.00. The van der Waals surface area contributed by atoms with Gasteiger partial charge in [-0.3, -0.25) is 9.36 Å². The summed E-state index contributed by atoms with van der Waals surface area (Å²) in [5, 5.41) is 9.32. The zero-order valence-electron chi connectivity index (χ0n) is 8.49. The predicted octanol–water partition coefficient (Wildman–Crippen LogP) is 0.977. The third kappa shape index (κ3) is 1.65. The van der Waals surface area contributed by atoms with E-state index in [1.54, 1.807) is 0 Å². The Morgan fingerprint density at radius 2 is 2.40 bits per heavy atom. The number of nitrogens with zero attached hydrogens (tertiary/aromatic N) is 3. The molecule has 0 saturated carbocycles. The summed E-state index contributed by atoms with van der Waals surface area (Å²) in [6.07, 6.45) is 4.58. The molecule has 0 N–H and O–H groups in total. The van der Waals surface area contributed by atoms with Gasteiger partial charge in [0.2, 0.25) is 0 Å². The molecule has 1 aromatic heterocycles. The van der Waals surface area contributed by atoms with Gasteiger partial charge in [0.05, 0.1) is 11.8 Å². The summed E-state index contributed by atoms with van der Waals surface area (Å²) < 4.78 is 1.47. The van der Waals surface area contributed by atoms with Gasteiger partial charge in [0.15, 0.2) is 5.16 Å². The lowest BCUT2D eigenvalue weighted by molar-refractivity contribution is 0.649. The normalized spacial score (nSPS) is 13.6. The van der Waals surface area contributed by atoms with Crippen LogP contribution in [0.15, 0.2) is 9.95 Å². The summed E-state index contributed by atoms with van der Waals surface area (Å²) in [4.78, 5) is 16.4. The number of thioether (sulfide) groups is 1. The van der Waals surface area contributed by atoms with Crippen LogP contribution in [0.25, 0.3) is 0 Å². The van der Waals surface area contributed by atoms with E-state index in [-0.39, 0.29) is 12.1 Å². The van der Waals surface area contributed by atoms with Gasteiger partial charge in [0, 0.05) is 5.56 Å². The predicted molar refractivity (Wildman–Crippen MR) is 57.9 cm³/mol. The molecule has 0 aliphatic heterocycles. The molecule has 0 amide bonds. The first kappa shape index (κ1) is 10.2. The molecule has 1 aliphatic rings. The highest BCUT2D eigenvalue weighted by molar-refractivity contribution is 7.98. The highest BCUT2D eigenvalue weighted by atomic mass is 32.2. The lowest BCUT2D eigenvalue weighted by atomic mass is 10.2. The minimum Gasteiger partial charge on any atom is -0.273 e. The van der Waals surface area contributed by atoms with E-state index in [1.807, 2.05) is 12.3 Å². The first-order chi connectivity index (χ1) is 7.27. The molecule has 0 aromatic carbocycles. The molecule has 0 unspecified atom stereocenters. The average Bonchev–Trinajstić information content (AvgIpc) is 2.70. The van der Waals surface area contributed by atoms with Crippen LogP contribution in [-0.4, -0.2) is 15.8 Å². The van der Waals surface area contributed by atoms with Crippen molar-refractivity contribution >= 4 is 11.8 Å². The van der Waals surface area contributed by atoms with Crippen molar-refractivity contribution in [3.05, 3.63) is 21.6 Å². The van der Waals surface area contributed by atoms with Crippen molar-refractivity contribution in [2.24, 2.45) is 0 Å². The second-order valence-corrected chi connectivity index (χ2v) is 4.20. The first-order valence-electron chi connectivity index (χ1n) is 4.81. The van der Waals surface area contributed by atoms with E-state index in [9.17, 15) is 4.79 Å². The molecule has 2 rings (SSSR count). The zero-order valence-corrected chi connectivity index (χ0v) is 9.30. The Balaban J connectivity index is 2.63. The maximum absolute atomic E-state index is 12.0. The number of fused-ring (bicyclic) bond motifs is 1. The number of aromatic nitrogens is 2. The van der Waals surface area contributed by atoms with Gasteiger partial charge >= 0.3 is 0 Å². The Morgan fingerprint density at radius 3 is 3.07 bits per heavy atom. The molecule has 5 heteroatoms. The van der Waals surface area contributed by atoms with E-state index >= 15 is 0 Å². The highest BCUT2D eigenvalue weighted by Crippen LogP contribution is 2.19. The van der Waals surface area contributed by atoms with Crippen LogP contribution in [0.1, 0.15) is 17.7 Å². The second kappa shape index (κ2) is 4.07. The molecule has 1 aliphatic carbocycles. The van der Waals surface area contributed by atoms with Gasteiger partial charge in [-0.15, -0.1) is 0 Å². The zero-order chi connectivity index (χ0) is 10.8. The lowest BCUT2D eigenvalue weighted by Gasteiger charge is -2.08. The van der Waals surface area contributed by atoms with Crippen LogP contribution in [0, 0.1) is 11.3 Å². The minimum absolute atomic E-state index is 0.0246.